The highest BCUT2D eigenvalue weighted by molar-refractivity contribution is 5.94. The molecule has 1 saturated heterocycles. The van der Waals surface area contributed by atoms with Crippen molar-refractivity contribution in [1.82, 2.24) is 20.1 Å². The Hall–Kier alpha value is -2.24. The molecule has 3 heterocycles. The SMILES string of the molecule is Cc1n[nH]c(C)c1C1CCCCCN1C(=O)c1cncc(F)c1. The first-order valence-corrected chi connectivity index (χ1v) is 8.01. The van der Waals surface area contributed by atoms with Gasteiger partial charge in [-0.05, 0) is 32.8 Å². The molecule has 23 heavy (non-hydrogen) atoms. The van der Waals surface area contributed by atoms with Crippen LogP contribution in [0.4, 0.5) is 4.39 Å². The van der Waals surface area contributed by atoms with Crippen molar-refractivity contribution >= 4 is 5.91 Å². The van der Waals surface area contributed by atoms with E-state index in [0.29, 0.717) is 12.1 Å². The number of H-pyrrole nitrogens is 1. The highest BCUT2D eigenvalue weighted by Crippen LogP contribution is 2.34. The molecular formula is C17H21FN4O. The highest BCUT2D eigenvalue weighted by atomic mass is 19.1. The van der Waals surface area contributed by atoms with Crippen molar-refractivity contribution < 1.29 is 9.18 Å². The van der Waals surface area contributed by atoms with Crippen molar-refractivity contribution in [2.75, 3.05) is 6.54 Å². The third-order valence-electron chi connectivity index (χ3n) is 4.48. The van der Waals surface area contributed by atoms with E-state index in [2.05, 4.69) is 15.2 Å². The van der Waals surface area contributed by atoms with Gasteiger partial charge in [0, 0.05) is 24.0 Å². The van der Waals surface area contributed by atoms with E-state index in [4.69, 9.17) is 0 Å². The minimum Gasteiger partial charge on any atom is -0.331 e. The van der Waals surface area contributed by atoms with Crippen molar-refractivity contribution in [3.8, 4) is 0 Å². The third-order valence-corrected chi connectivity index (χ3v) is 4.48. The summed E-state index contributed by atoms with van der Waals surface area (Å²) in [7, 11) is 0. The summed E-state index contributed by atoms with van der Waals surface area (Å²) >= 11 is 0. The largest absolute Gasteiger partial charge is 0.331 e. The number of halogens is 1. The van der Waals surface area contributed by atoms with Crippen LogP contribution in [0.3, 0.4) is 0 Å². The Morgan fingerprint density at radius 2 is 2.13 bits per heavy atom. The van der Waals surface area contributed by atoms with Crippen LogP contribution >= 0.6 is 0 Å². The first-order valence-electron chi connectivity index (χ1n) is 8.01. The summed E-state index contributed by atoms with van der Waals surface area (Å²) in [6.07, 6.45) is 6.57. The summed E-state index contributed by atoms with van der Waals surface area (Å²) in [6.45, 7) is 4.60. The summed E-state index contributed by atoms with van der Waals surface area (Å²) in [4.78, 5) is 18.6. The lowest BCUT2D eigenvalue weighted by Gasteiger charge is -2.30. The lowest BCUT2D eigenvalue weighted by molar-refractivity contribution is 0.0679. The minimum atomic E-state index is -0.488. The van der Waals surface area contributed by atoms with Crippen LogP contribution in [0, 0.1) is 19.7 Å². The van der Waals surface area contributed by atoms with Gasteiger partial charge in [0.2, 0.25) is 0 Å². The van der Waals surface area contributed by atoms with Crippen molar-refractivity contribution in [3.05, 3.63) is 46.8 Å². The minimum absolute atomic E-state index is 0.0213. The molecule has 3 rings (SSSR count). The number of aromatic nitrogens is 3. The van der Waals surface area contributed by atoms with Crippen LogP contribution in [0.25, 0.3) is 0 Å². The zero-order chi connectivity index (χ0) is 16.4. The molecule has 0 bridgehead atoms. The second kappa shape index (κ2) is 6.48. The fourth-order valence-electron chi connectivity index (χ4n) is 3.40. The Labute approximate surface area is 134 Å². The first-order chi connectivity index (χ1) is 11.1. The van der Waals surface area contributed by atoms with Gasteiger partial charge < -0.3 is 4.90 Å². The number of carbonyl (C=O) groups excluding carboxylic acids is 1. The zero-order valence-electron chi connectivity index (χ0n) is 13.5. The van der Waals surface area contributed by atoms with Crippen molar-refractivity contribution in [3.63, 3.8) is 0 Å². The number of nitrogens with one attached hydrogen (secondary N) is 1. The van der Waals surface area contributed by atoms with Crippen LogP contribution < -0.4 is 0 Å². The predicted octanol–water partition coefficient (Wildman–Crippen LogP) is 3.32. The Balaban J connectivity index is 1.98. The van der Waals surface area contributed by atoms with Crippen LogP contribution in [-0.4, -0.2) is 32.5 Å². The van der Waals surface area contributed by atoms with E-state index in [9.17, 15) is 9.18 Å². The predicted molar refractivity (Wildman–Crippen MR) is 84.5 cm³/mol. The molecule has 1 unspecified atom stereocenters. The number of aromatic amines is 1. The quantitative estimate of drug-likeness (QED) is 0.924. The lowest BCUT2D eigenvalue weighted by atomic mass is 9.98. The molecule has 1 fully saturated rings. The maximum absolute atomic E-state index is 13.4. The first kappa shape index (κ1) is 15.6. The molecule has 1 N–H and O–H groups in total. The fourth-order valence-corrected chi connectivity index (χ4v) is 3.40. The number of rotatable bonds is 2. The molecule has 2 aromatic rings. The van der Waals surface area contributed by atoms with Crippen molar-refractivity contribution in [2.24, 2.45) is 0 Å². The van der Waals surface area contributed by atoms with Gasteiger partial charge in [-0.2, -0.15) is 5.10 Å². The van der Waals surface area contributed by atoms with E-state index in [1.165, 1.54) is 12.3 Å². The maximum atomic E-state index is 13.4. The number of amides is 1. The average Bonchev–Trinajstić information content (AvgIpc) is 2.75. The van der Waals surface area contributed by atoms with Crippen LogP contribution in [0.2, 0.25) is 0 Å². The second-order valence-corrected chi connectivity index (χ2v) is 6.10. The molecule has 0 aliphatic carbocycles. The molecule has 5 nitrogen and oxygen atoms in total. The van der Waals surface area contributed by atoms with Crippen LogP contribution in [0.5, 0.6) is 0 Å². The molecule has 0 radical (unpaired) electrons. The smallest absolute Gasteiger partial charge is 0.256 e. The zero-order valence-corrected chi connectivity index (χ0v) is 13.5. The van der Waals surface area contributed by atoms with Gasteiger partial charge in [0.25, 0.3) is 5.91 Å². The van der Waals surface area contributed by atoms with Crippen LogP contribution in [-0.2, 0) is 0 Å². The number of pyridine rings is 1. The van der Waals surface area contributed by atoms with Gasteiger partial charge in [0.15, 0.2) is 0 Å². The molecule has 0 saturated carbocycles. The van der Waals surface area contributed by atoms with E-state index in [1.807, 2.05) is 18.7 Å². The van der Waals surface area contributed by atoms with Gasteiger partial charge in [0.05, 0.1) is 23.5 Å². The molecule has 0 spiro atoms. The summed E-state index contributed by atoms with van der Waals surface area (Å²) in [5, 5.41) is 7.27. The van der Waals surface area contributed by atoms with E-state index in [1.54, 1.807) is 0 Å². The number of aryl methyl sites for hydroxylation is 2. The van der Waals surface area contributed by atoms with Gasteiger partial charge in [-0.15, -0.1) is 0 Å². The fraction of sp³-hybridized carbons (Fsp3) is 0.471. The van der Waals surface area contributed by atoms with Gasteiger partial charge in [0.1, 0.15) is 5.82 Å². The average molecular weight is 316 g/mol. The van der Waals surface area contributed by atoms with E-state index in [-0.39, 0.29) is 11.9 Å². The van der Waals surface area contributed by atoms with Crippen molar-refractivity contribution in [1.29, 1.82) is 0 Å². The summed E-state index contributed by atoms with van der Waals surface area (Å²) in [5.74, 6) is -0.651. The van der Waals surface area contributed by atoms with Crippen LogP contribution in [0.15, 0.2) is 18.5 Å². The summed E-state index contributed by atoms with van der Waals surface area (Å²) in [5.41, 5.74) is 3.30. The molecule has 6 heteroatoms. The van der Waals surface area contributed by atoms with Gasteiger partial charge >= 0.3 is 0 Å². The van der Waals surface area contributed by atoms with E-state index in [0.717, 1.165) is 48.8 Å². The third kappa shape index (κ3) is 3.11. The van der Waals surface area contributed by atoms with Gasteiger partial charge in [-0.25, -0.2) is 4.39 Å². The lowest BCUT2D eigenvalue weighted by Crippen LogP contribution is -2.35. The molecule has 1 aliphatic rings. The topological polar surface area (TPSA) is 61.9 Å². The molecule has 1 aliphatic heterocycles. The Bertz CT molecular complexity index is 693. The van der Waals surface area contributed by atoms with Crippen LogP contribution in [0.1, 0.15) is 59.0 Å². The Kier molecular flexibility index (Phi) is 4.41. The number of carbonyl (C=O) groups is 1. The maximum Gasteiger partial charge on any atom is 0.256 e. The Morgan fingerprint density at radius 1 is 1.30 bits per heavy atom. The monoisotopic (exact) mass is 316 g/mol. The van der Waals surface area contributed by atoms with Gasteiger partial charge in [-0.1, -0.05) is 12.8 Å². The number of hydrogen-bond donors (Lipinski definition) is 1. The summed E-state index contributed by atoms with van der Waals surface area (Å²) < 4.78 is 13.4. The van der Waals surface area contributed by atoms with E-state index >= 15 is 0 Å². The van der Waals surface area contributed by atoms with E-state index < -0.39 is 5.82 Å². The molecule has 1 amide bonds. The molecular weight excluding hydrogens is 295 g/mol. The molecule has 1 atom stereocenters. The van der Waals surface area contributed by atoms with Gasteiger partial charge in [-0.3, -0.25) is 14.9 Å². The standard InChI is InChI=1S/C17H21FN4O/c1-11-16(12(2)21-20-11)15-6-4-3-5-7-22(15)17(23)13-8-14(18)10-19-9-13/h8-10,15H,3-7H2,1-2H3,(H,20,21). The number of likely N-dealkylation sites (tertiary alicyclic amines) is 1. The van der Waals surface area contributed by atoms with Crippen molar-refractivity contribution in [2.45, 2.75) is 45.6 Å². The molecule has 2 aromatic heterocycles. The normalized spacial score (nSPS) is 18.7. The Morgan fingerprint density at radius 3 is 2.83 bits per heavy atom. The summed E-state index contributed by atoms with van der Waals surface area (Å²) in [6, 6.07) is 1.24. The number of hydrogen-bond acceptors (Lipinski definition) is 3. The number of nitrogens with zero attached hydrogens (tertiary/aromatic N) is 3. The highest BCUT2D eigenvalue weighted by Gasteiger charge is 2.30. The molecule has 0 aromatic carbocycles. The molecule has 122 valence electrons. The second-order valence-electron chi connectivity index (χ2n) is 6.10.